The lowest BCUT2D eigenvalue weighted by Crippen LogP contribution is -2.01. The summed E-state index contributed by atoms with van der Waals surface area (Å²) in [4.78, 5) is 4.09. The second-order valence-corrected chi connectivity index (χ2v) is 4.66. The summed E-state index contributed by atoms with van der Waals surface area (Å²) in [5.74, 6) is -0.0673. The predicted octanol–water partition coefficient (Wildman–Crippen LogP) is 3.31. The quantitative estimate of drug-likeness (QED) is 0.846. The zero-order valence-corrected chi connectivity index (χ0v) is 11.7. The Morgan fingerprint density at radius 2 is 2.16 bits per heavy atom. The van der Waals surface area contributed by atoms with Gasteiger partial charge < -0.3 is 15.2 Å². The zero-order chi connectivity index (χ0) is 13.8. The number of phenolic OH excluding ortho intramolecular Hbond substituents is 1. The number of nitrogens with zero attached hydrogens (tertiary/aromatic N) is 1. The van der Waals surface area contributed by atoms with E-state index in [2.05, 4.69) is 26.2 Å². The maximum atomic E-state index is 12.9. The Morgan fingerprint density at radius 1 is 1.37 bits per heavy atom. The van der Waals surface area contributed by atoms with Crippen LogP contribution in [0.4, 0.5) is 10.1 Å². The second kappa shape index (κ2) is 5.88. The van der Waals surface area contributed by atoms with Gasteiger partial charge in [0.2, 0.25) is 5.88 Å². The van der Waals surface area contributed by atoms with Crippen molar-refractivity contribution < 1.29 is 14.2 Å². The van der Waals surface area contributed by atoms with Crippen molar-refractivity contribution in [3.63, 3.8) is 0 Å². The van der Waals surface area contributed by atoms with E-state index in [1.54, 1.807) is 12.1 Å². The van der Waals surface area contributed by atoms with E-state index in [0.29, 0.717) is 22.6 Å². The van der Waals surface area contributed by atoms with Gasteiger partial charge in [0.05, 0.1) is 7.11 Å². The molecule has 1 heterocycles. The van der Waals surface area contributed by atoms with Gasteiger partial charge in [0, 0.05) is 29.9 Å². The largest absolute Gasteiger partial charge is 0.507 e. The highest BCUT2D eigenvalue weighted by Gasteiger charge is 2.04. The van der Waals surface area contributed by atoms with Gasteiger partial charge in [-0.15, -0.1) is 0 Å². The van der Waals surface area contributed by atoms with Crippen LogP contribution in [0, 0.1) is 5.82 Å². The molecule has 0 spiro atoms. The first-order valence-corrected chi connectivity index (χ1v) is 6.30. The van der Waals surface area contributed by atoms with Crippen LogP contribution < -0.4 is 10.1 Å². The van der Waals surface area contributed by atoms with Crippen molar-refractivity contribution in [2.75, 3.05) is 12.4 Å². The maximum Gasteiger partial charge on any atom is 0.216 e. The summed E-state index contributed by atoms with van der Waals surface area (Å²) in [6.45, 7) is 0.367. The van der Waals surface area contributed by atoms with Crippen molar-refractivity contribution in [3.05, 3.63) is 46.3 Å². The van der Waals surface area contributed by atoms with Crippen molar-refractivity contribution in [1.29, 1.82) is 0 Å². The molecule has 2 aromatic rings. The van der Waals surface area contributed by atoms with Gasteiger partial charge in [0.15, 0.2) is 0 Å². The van der Waals surface area contributed by atoms with Crippen LogP contribution in [-0.2, 0) is 6.54 Å². The summed E-state index contributed by atoms with van der Waals surface area (Å²) in [5, 5.41) is 12.7. The van der Waals surface area contributed by atoms with Gasteiger partial charge in [-0.3, -0.25) is 0 Å². The fraction of sp³-hybridized carbons (Fsp3) is 0.154. The van der Waals surface area contributed by atoms with E-state index < -0.39 is 5.82 Å². The van der Waals surface area contributed by atoms with Crippen molar-refractivity contribution >= 4 is 21.6 Å². The second-order valence-electron chi connectivity index (χ2n) is 3.85. The molecule has 1 aromatic heterocycles. The lowest BCUT2D eigenvalue weighted by atomic mass is 10.2. The SMILES string of the molecule is COc1cc(NCc2ccc(F)cc2O)cc(Br)n1. The number of hydrogen-bond donors (Lipinski definition) is 2. The molecule has 6 heteroatoms. The number of phenols is 1. The molecule has 4 nitrogen and oxygen atoms in total. The van der Waals surface area contributed by atoms with E-state index in [1.807, 2.05) is 0 Å². The number of methoxy groups -OCH3 is 1. The summed E-state index contributed by atoms with van der Waals surface area (Å²) in [5.41, 5.74) is 1.38. The van der Waals surface area contributed by atoms with Crippen LogP contribution in [0.1, 0.15) is 5.56 Å². The molecule has 100 valence electrons. The standard InChI is InChI=1S/C13H12BrFN2O2/c1-19-13-6-10(5-12(14)17-13)16-7-8-2-3-9(15)4-11(8)18/h2-6,18H,7H2,1H3,(H,16,17). The monoisotopic (exact) mass is 326 g/mol. The van der Waals surface area contributed by atoms with Gasteiger partial charge in [0.25, 0.3) is 0 Å². The summed E-state index contributed by atoms with van der Waals surface area (Å²) in [6, 6.07) is 7.43. The van der Waals surface area contributed by atoms with E-state index in [4.69, 9.17) is 4.74 Å². The number of anilines is 1. The molecule has 0 atom stereocenters. The fourth-order valence-electron chi connectivity index (χ4n) is 1.56. The molecule has 0 bridgehead atoms. The number of aromatic hydroxyl groups is 1. The molecule has 2 N–H and O–H groups in total. The highest BCUT2D eigenvalue weighted by atomic mass is 79.9. The third kappa shape index (κ3) is 3.57. The normalized spacial score (nSPS) is 10.3. The molecule has 0 fully saturated rings. The number of rotatable bonds is 4. The lowest BCUT2D eigenvalue weighted by Gasteiger charge is -2.09. The molecule has 1 aromatic carbocycles. The number of hydrogen-bond acceptors (Lipinski definition) is 4. The van der Waals surface area contributed by atoms with Gasteiger partial charge in [-0.1, -0.05) is 6.07 Å². The lowest BCUT2D eigenvalue weighted by molar-refractivity contribution is 0.397. The highest BCUT2D eigenvalue weighted by Crippen LogP contribution is 2.23. The van der Waals surface area contributed by atoms with Gasteiger partial charge in [-0.25, -0.2) is 9.37 Å². The third-order valence-corrected chi connectivity index (χ3v) is 2.92. The number of nitrogens with one attached hydrogen (secondary N) is 1. The summed E-state index contributed by atoms with van der Waals surface area (Å²) >= 11 is 3.27. The minimum absolute atomic E-state index is 0.0763. The van der Waals surface area contributed by atoms with Gasteiger partial charge >= 0.3 is 0 Å². The molecular formula is C13H12BrFN2O2. The zero-order valence-electron chi connectivity index (χ0n) is 10.2. The maximum absolute atomic E-state index is 12.9. The summed E-state index contributed by atoms with van der Waals surface area (Å²) < 4.78 is 18.5. The molecule has 0 saturated heterocycles. The minimum Gasteiger partial charge on any atom is -0.507 e. The Bertz CT molecular complexity index is 593. The van der Waals surface area contributed by atoms with Crippen molar-refractivity contribution in [1.82, 2.24) is 4.98 Å². The molecule has 2 rings (SSSR count). The molecule has 0 unspecified atom stereocenters. The Hall–Kier alpha value is -1.82. The molecule has 0 aliphatic heterocycles. The average Bonchev–Trinajstić information content (AvgIpc) is 2.37. The van der Waals surface area contributed by atoms with E-state index in [0.717, 1.165) is 11.8 Å². The smallest absolute Gasteiger partial charge is 0.216 e. The minimum atomic E-state index is -0.463. The van der Waals surface area contributed by atoms with Crippen molar-refractivity contribution in [2.24, 2.45) is 0 Å². The number of pyridine rings is 1. The third-order valence-electron chi connectivity index (χ3n) is 2.51. The molecule has 0 aliphatic carbocycles. The van der Waals surface area contributed by atoms with Gasteiger partial charge in [0.1, 0.15) is 16.2 Å². The molecule has 0 aliphatic rings. The van der Waals surface area contributed by atoms with Crippen LogP contribution in [0.15, 0.2) is 34.9 Å². The van der Waals surface area contributed by atoms with Crippen LogP contribution in [0.3, 0.4) is 0 Å². The number of halogens is 2. The van der Waals surface area contributed by atoms with Crippen LogP contribution >= 0.6 is 15.9 Å². The Morgan fingerprint density at radius 3 is 2.84 bits per heavy atom. The van der Waals surface area contributed by atoms with Crippen molar-refractivity contribution in [2.45, 2.75) is 6.54 Å². The highest BCUT2D eigenvalue weighted by molar-refractivity contribution is 9.10. The van der Waals surface area contributed by atoms with E-state index in [9.17, 15) is 9.50 Å². The van der Waals surface area contributed by atoms with E-state index in [-0.39, 0.29) is 5.75 Å². The van der Waals surface area contributed by atoms with Gasteiger partial charge in [-0.2, -0.15) is 0 Å². The average molecular weight is 327 g/mol. The number of benzene rings is 1. The van der Waals surface area contributed by atoms with E-state index >= 15 is 0 Å². The first-order valence-electron chi connectivity index (χ1n) is 5.51. The van der Waals surface area contributed by atoms with Crippen LogP contribution in [-0.4, -0.2) is 17.2 Å². The predicted molar refractivity (Wildman–Crippen MR) is 73.9 cm³/mol. The Kier molecular flexibility index (Phi) is 4.21. The van der Waals surface area contributed by atoms with E-state index in [1.165, 1.54) is 19.2 Å². The van der Waals surface area contributed by atoms with Gasteiger partial charge in [-0.05, 0) is 28.1 Å². The number of aromatic nitrogens is 1. The van der Waals surface area contributed by atoms with Crippen molar-refractivity contribution in [3.8, 4) is 11.6 Å². The number of ether oxygens (including phenoxy) is 1. The van der Waals surface area contributed by atoms with Crippen LogP contribution in [0.2, 0.25) is 0 Å². The molecule has 0 saturated carbocycles. The Labute approximate surface area is 118 Å². The van der Waals surface area contributed by atoms with Crippen LogP contribution in [0.5, 0.6) is 11.6 Å². The topological polar surface area (TPSA) is 54.4 Å². The van der Waals surface area contributed by atoms with Crippen LogP contribution in [0.25, 0.3) is 0 Å². The Balaban J connectivity index is 2.12. The first-order chi connectivity index (χ1) is 9.08. The fourth-order valence-corrected chi connectivity index (χ4v) is 1.98. The molecule has 0 radical (unpaired) electrons. The summed E-state index contributed by atoms with van der Waals surface area (Å²) in [7, 11) is 1.53. The molecule has 19 heavy (non-hydrogen) atoms. The summed E-state index contributed by atoms with van der Waals surface area (Å²) in [6.07, 6.45) is 0. The molecular weight excluding hydrogens is 315 g/mol. The molecule has 0 amide bonds. The first kappa shape index (κ1) is 13.6.